The highest BCUT2D eigenvalue weighted by Gasteiger charge is 2.21. The maximum atomic E-state index is 12.3. The summed E-state index contributed by atoms with van der Waals surface area (Å²) in [5.41, 5.74) is 0.563. The van der Waals surface area contributed by atoms with Crippen molar-refractivity contribution in [2.45, 2.75) is 18.4 Å². The Balaban J connectivity index is 2.38. The van der Waals surface area contributed by atoms with Crippen LogP contribution in [0.15, 0.2) is 23.1 Å². The first kappa shape index (κ1) is 14.7. The van der Waals surface area contributed by atoms with E-state index in [-0.39, 0.29) is 22.4 Å². The first-order valence-corrected chi connectivity index (χ1v) is 7.87. The Morgan fingerprint density at radius 1 is 1.40 bits per heavy atom. The van der Waals surface area contributed by atoms with Gasteiger partial charge in [0, 0.05) is 0 Å². The van der Waals surface area contributed by atoms with Crippen molar-refractivity contribution >= 4 is 26.5 Å². The number of anilines is 1. The van der Waals surface area contributed by atoms with E-state index in [4.69, 9.17) is 9.84 Å². The van der Waals surface area contributed by atoms with Crippen LogP contribution in [0.2, 0.25) is 0 Å². The zero-order valence-electron chi connectivity index (χ0n) is 10.8. The third kappa shape index (κ3) is 3.06. The summed E-state index contributed by atoms with van der Waals surface area (Å²) in [7, 11) is -2.45. The molecule has 0 spiro atoms. The van der Waals surface area contributed by atoms with Crippen LogP contribution in [-0.4, -0.2) is 30.8 Å². The number of aryl methyl sites for hydroxylation is 1. The molecule has 1 aromatic heterocycles. The second kappa shape index (κ2) is 5.73. The zero-order chi connectivity index (χ0) is 14.8. The Labute approximate surface area is 120 Å². The average molecular weight is 315 g/mol. The molecule has 2 aromatic rings. The highest BCUT2D eigenvalue weighted by Crippen LogP contribution is 2.27. The second-order valence-corrected chi connectivity index (χ2v) is 6.71. The molecular weight excluding hydrogens is 302 g/mol. The summed E-state index contributed by atoms with van der Waals surface area (Å²) in [4.78, 5) is -0.0231. The van der Waals surface area contributed by atoms with Crippen molar-refractivity contribution in [2.24, 2.45) is 0 Å². The van der Waals surface area contributed by atoms with Gasteiger partial charge in [0.05, 0.1) is 13.7 Å². The Morgan fingerprint density at radius 2 is 2.15 bits per heavy atom. The van der Waals surface area contributed by atoms with E-state index >= 15 is 0 Å². The molecule has 0 fully saturated rings. The van der Waals surface area contributed by atoms with E-state index in [0.717, 1.165) is 11.3 Å². The van der Waals surface area contributed by atoms with Crippen LogP contribution >= 0.6 is 11.3 Å². The van der Waals surface area contributed by atoms with Gasteiger partial charge in [-0.15, -0.1) is 10.2 Å². The highest BCUT2D eigenvalue weighted by molar-refractivity contribution is 7.93. The number of hydrogen-bond donors (Lipinski definition) is 2. The number of aliphatic hydroxyl groups is 1. The van der Waals surface area contributed by atoms with E-state index in [0.29, 0.717) is 10.6 Å². The Kier molecular flexibility index (Phi) is 4.21. The van der Waals surface area contributed by atoms with Crippen LogP contribution in [0.5, 0.6) is 5.75 Å². The second-order valence-electron chi connectivity index (χ2n) is 3.88. The molecule has 1 aromatic carbocycles. The monoisotopic (exact) mass is 315 g/mol. The van der Waals surface area contributed by atoms with Crippen LogP contribution in [0.1, 0.15) is 10.6 Å². The van der Waals surface area contributed by atoms with E-state index in [2.05, 4.69) is 14.9 Å². The van der Waals surface area contributed by atoms with Crippen molar-refractivity contribution in [2.75, 3.05) is 11.8 Å². The third-order valence-electron chi connectivity index (χ3n) is 2.45. The standard InChI is InChI=1S/C11H13N3O4S2/c1-7-12-13-11(19-7)14-20(16,17)10-4-3-8(6-15)5-9(10)18-2/h3-5,15H,6H2,1-2H3,(H,13,14). The van der Waals surface area contributed by atoms with E-state index in [1.165, 1.54) is 25.3 Å². The number of ether oxygens (including phenoxy) is 1. The maximum absolute atomic E-state index is 12.3. The molecule has 0 amide bonds. The van der Waals surface area contributed by atoms with E-state index in [9.17, 15) is 8.42 Å². The number of rotatable bonds is 5. The summed E-state index contributed by atoms with van der Waals surface area (Å²) in [6, 6.07) is 4.36. The average Bonchev–Trinajstić information content (AvgIpc) is 2.82. The lowest BCUT2D eigenvalue weighted by molar-refractivity contribution is 0.280. The van der Waals surface area contributed by atoms with Gasteiger partial charge in [0.15, 0.2) is 0 Å². The minimum atomic E-state index is -3.82. The zero-order valence-corrected chi connectivity index (χ0v) is 12.5. The molecule has 0 saturated heterocycles. The summed E-state index contributed by atoms with van der Waals surface area (Å²) < 4.78 is 31.9. The summed E-state index contributed by atoms with van der Waals surface area (Å²) in [6.45, 7) is 1.53. The van der Waals surface area contributed by atoms with Gasteiger partial charge < -0.3 is 9.84 Å². The summed E-state index contributed by atoms with van der Waals surface area (Å²) in [6.07, 6.45) is 0. The third-order valence-corrected chi connectivity index (χ3v) is 4.71. The quantitative estimate of drug-likeness (QED) is 0.858. The number of nitrogens with zero attached hydrogens (tertiary/aromatic N) is 2. The molecule has 2 N–H and O–H groups in total. The molecule has 0 bridgehead atoms. The Bertz CT molecular complexity index is 712. The van der Waals surface area contributed by atoms with Crippen molar-refractivity contribution in [1.29, 1.82) is 0 Å². The van der Waals surface area contributed by atoms with Crippen LogP contribution in [0.3, 0.4) is 0 Å². The van der Waals surface area contributed by atoms with Gasteiger partial charge in [0.2, 0.25) is 5.13 Å². The molecule has 0 radical (unpaired) electrons. The Hall–Kier alpha value is -1.71. The van der Waals surface area contributed by atoms with Gasteiger partial charge in [-0.1, -0.05) is 17.4 Å². The van der Waals surface area contributed by atoms with Gasteiger partial charge in [0.25, 0.3) is 10.0 Å². The van der Waals surface area contributed by atoms with Crippen LogP contribution in [-0.2, 0) is 16.6 Å². The first-order valence-electron chi connectivity index (χ1n) is 5.57. The molecule has 0 aliphatic rings. The molecule has 2 rings (SSSR count). The number of hydrogen-bond acceptors (Lipinski definition) is 7. The number of aromatic nitrogens is 2. The molecule has 7 nitrogen and oxygen atoms in total. The molecule has 0 atom stereocenters. The molecule has 1 heterocycles. The molecule has 20 heavy (non-hydrogen) atoms. The van der Waals surface area contributed by atoms with Crippen LogP contribution < -0.4 is 9.46 Å². The van der Waals surface area contributed by atoms with Gasteiger partial charge in [-0.3, -0.25) is 4.72 Å². The predicted octanol–water partition coefficient (Wildman–Crippen LogP) is 1.15. The highest BCUT2D eigenvalue weighted by atomic mass is 32.2. The fourth-order valence-electron chi connectivity index (χ4n) is 1.54. The van der Waals surface area contributed by atoms with Gasteiger partial charge in [0.1, 0.15) is 15.7 Å². The van der Waals surface area contributed by atoms with Crippen LogP contribution in [0.25, 0.3) is 0 Å². The molecule has 0 unspecified atom stereocenters. The summed E-state index contributed by atoms with van der Waals surface area (Å²) in [5, 5.41) is 17.4. The lowest BCUT2D eigenvalue weighted by Gasteiger charge is -2.10. The molecule has 9 heteroatoms. The van der Waals surface area contributed by atoms with E-state index in [1.54, 1.807) is 6.92 Å². The van der Waals surface area contributed by atoms with Crippen LogP contribution in [0, 0.1) is 6.92 Å². The fraction of sp³-hybridized carbons (Fsp3) is 0.273. The van der Waals surface area contributed by atoms with E-state index < -0.39 is 10.0 Å². The SMILES string of the molecule is COc1cc(CO)ccc1S(=O)(=O)Nc1nnc(C)s1. The minimum absolute atomic E-state index is 0.0231. The predicted molar refractivity (Wildman–Crippen MR) is 74.4 cm³/mol. The van der Waals surface area contributed by atoms with Gasteiger partial charge in [-0.05, 0) is 24.6 Å². The van der Waals surface area contributed by atoms with E-state index in [1.807, 2.05) is 0 Å². The molecule has 108 valence electrons. The van der Waals surface area contributed by atoms with Gasteiger partial charge >= 0.3 is 0 Å². The maximum Gasteiger partial charge on any atom is 0.267 e. The van der Waals surface area contributed by atoms with Crippen molar-refractivity contribution in [1.82, 2.24) is 10.2 Å². The summed E-state index contributed by atoms with van der Waals surface area (Å²) >= 11 is 1.14. The smallest absolute Gasteiger partial charge is 0.267 e. The molecular formula is C11H13N3O4S2. The van der Waals surface area contributed by atoms with Crippen molar-refractivity contribution in [3.8, 4) is 5.75 Å². The molecule has 0 aliphatic heterocycles. The van der Waals surface area contributed by atoms with Crippen molar-refractivity contribution in [3.05, 3.63) is 28.8 Å². The minimum Gasteiger partial charge on any atom is -0.495 e. The first-order chi connectivity index (χ1) is 9.46. The lowest BCUT2D eigenvalue weighted by atomic mass is 10.2. The van der Waals surface area contributed by atoms with Crippen LogP contribution in [0.4, 0.5) is 5.13 Å². The molecule has 0 saturated carbocycles. The number of methoxy groups -OCH3 is 1. The Morgan fingerprint density at radius 3 is 2.70 bits per heavy atom. The fourth-order valence-corrected chi connectivity index (χ4v) is 3.51. The largest absolute Gasteiger partial charge is 0.495 e. The lowest BCUT2D eigenvalue weighted by Crippen LogP contribution is -2.14. The van der Waals surface area contributed by atoms with Crippen molar-refractivity contribution < 1.29 is 18.3 Å². The molecule has 0 aliphatic carbocycles. The number of benzene rings is 1. The van der Waals surface area contributed by atoms with Crippen molar-refractivity contribution in [3.63, 3.8) is 0 Å². The normalized spacial score (nSPS) is 11.3. The van der Waals surface area contributed by atoms with Gasteiger partial charge in [-0.2, -0.15) is 0 Å². The number of nitrogens with one attached hydrogen (secondary N) is 1. The summed E-state index contributed by atoms with van der Waals surface area (Å²) in [5.74, 6) is 0.158. The topological polar surface area (TPSA) is 101 Å². The number of aliphatic hydroxyl groups excluding tert-OH is 1. The number of sulfonamides is 1. The van der Waals surface area contributed by atoms with Gasteiger partial charge in [-0.25, -0.2) is 8.42 Å².